The second-order valence-corrected chi connectivity index (χ2v) is 9.92. The van der Waals surface area contributed by atoms with Crippen LogP contribution in [0.25, 0.3) is 0 Å². The van der Waals surface area contributed by atoms with E-state index in [1.807, 2.05) is 81.4 Å². The zero-order chi connectivity index (χ0) is 23.1. The maximum absolute atomic E-state index is 11.9. The van der Waals surface area contributed by atoms with Crippen LogP contribution in [0.15, 0.2) is 87.5 Å². The van der Waals surface area contributed by atoms with E-state index in [2.05, 4.69) is 12.1 Å². The van der Waals surface area contributed by atoms with Crippen molar-refractivity contribution in [1.29, 1.82) is 0 Å². The van der Waals surface area contributed by atoms with Gasteiger partial charge in [-0.2, -0.15) is 0 Å². The van der Waals surface area contributed by atoms with Crippen molar-refractivity contribution in [2.24, 2.45) is 0 Å². The predicted molar refractivity (Wildman–Crippen MR) is 126 cm³/mol. The molecule has 0 aliphatic carbocycles. The van der Waals surface area contributed by atoms with Crippen LogP contribution in [0.2, 0.25) is 0 Å². The Morgan fingerprint density at radius 3 is 1.75 bits per heavy atom. The normalized spacial score (nSPS) is 11.2. The van der Waals surface area contributed by atoms with E-state index < -0.39 is 22.5 Å². The van der Waals surface area contributed by atoms with Crippen molar-refractivity contribution in [1.82, 2.24) is 0 Å². The molecule has 0 bridgehead atoms. The molecule has 0 saturated heterocycles. The average molecular weight is 454 g/mol. The predicted octanol–water partition coefficient (Wildman–Crippen LogP) is 5.52. The molecular formula is C26H29O5S+. The van der Waals surface area contributed by atoms with Gasteiger partial charge in [0.1, 0.15) is 22.2 Å². The summed E-state index contributed by atoms with van der Waals surface area (Å²) in [5, 5.41) is 0. The summed E-state index contributed by atoms with van der Waals surface area (Å²) in [5.41, 5.74) is -0.540. The fourth-order valence-electron chi connectivity index (χ4n) is 3.13. The number of hydrogen-bond donors (Lipinski definition) is 0. The summed E-state index contributed by atoms with van der Waals surface area (Å²) in [6, 6.07) is 23.7. The molecule has 0 fully saturated rings. The van der Waals surface area contributed by atoms with Crippen molar-refractivity contribution in [3.63, 3.8) is 0 Å². The highest BCUT2D eigenvalue weighted by atomic mass is 32.2. The second kappa shape index (κ2) is 10.5. The number of hydrogen-bond acceptors (Lipinski definition) is 5. The van der Waals surface area contributed by atoms with Gasteiger partial charge in [0.05, 0.1) is 14.2 Å². The lowest BCUT2D eigenvalue weighted by Gasteiger charge is -2.19. The van der Waals surface area contributed by atoms with Gasteiger partial charge in [-0.15, -0.1) is 0 Å². The Morgan fingerprint density at radius 2 is 1.28 bits per heavy atom. The third-order valence-electron chi connectivity index (χ3n) is 4.41. The molecule has 0 aliphatic rings. The number of rotatable bonds is 8. The molecule has 0 spiro atoms. The lowest BCUT2D eigenvalue weighted by molar-refractivity contribution is -0.157. The molecule has 0 aromatic heterocycles. The fourth-order valence-corrected chi connectivity index (χ4v) is 5.42. The summed E-state index contributed by atoms with van der Waals surface area (Å²) in [6.45, 7) is 5.35. The van der Waals surface area contributed by atoms with Gasteiger partial charge in [0, 0.05) is 0 Å². The van der Waals surface area contributed by atoms with Crippen molar-refractivity contribution in [3.05, 3.63) is 72.8 Å². The monoisotopic (exact) mass is 453 g/mol. The van der Waals surface area contributed by atoms with Crippen LogP contribution in [-0.2, 0) is 20.4 Å². The Labute approximate surface area is 192 Å². The molecule has 0 atom stereocenters. The summed E-state index contributed by atoms with van der Waals surface area (Å²) in [4.78, 5) is 15.1. The summed E-state index contributed by atoms with van der Waals surface area (Å²) in [6.07, 6.45) is 0. The van der Waals surface area contributed by atoms with Crippen LogP contribution in [0.4, 0.5) is 0 Å². The number of benzene rings is 3. The maximum atomic E-state index is 11.9. The van der Waals surface area contributed by atoms with E-state index in [9.17, 15) is 4.79 Å². The Kier molecular flexibility index (Phi) is 7.70. The average Bonchev–Trinajstić information content (AvgIpc) is 2.78. The van der Waals surface area contributed by atoms with Crippen LogP contribution in [-0.4, -0.2) is 32.4 Å². The van der Waals surface area contributed by atoms with Crippen molar-refractivity contribution >= 4 is 16.9 Å². The molecule has 6 heteroatoms. The minimum Gasteiger partial charge on any atom is -0.491 e. The lowest BCUT2D eigenvalue weighted by Crippen LogP contribution is -2.27. The molecule has 0 radical (unpaired) electrons. The summed E-state index contributed by atoms with van der Waals surface area (Å²) >= 11 is 0. The first-order valence-corrected chi connectivity index (χ1v) is 11.5. The highest BCUT2D eigenvalue weighted by Gasteiger charge is 2.34. The quantitative estimate of drug-likeness (QED) is 0.332. The van der Waals surface area contributed by atoms with Crippen LogP contribution in [0.1, 0.15) is 20.8 Å². The highest BCUT2D eigenvalue weighted by Crippen LogP contribution is 2.40. The third-order valence-corrected chi connectivity index (χ3v) is 6.71. The van der Waals surface area contributed by atoms with E-state index in [0.29, 0.717) is 5.75 Å². The Balaban J connectivity index is 1.92. The number of ether oxygens (including phenoxy) is 4. The Hall–Kier alpha value is -3.12. The smallest absolute Gasteiger partial charge is 0.344 e. The minimum absolute atomic E-state index is 0.138. The highest BCUT2D eigenvalue weighted by molar-refractivity contribution is 7.97. The Morgan fingerprint density at radius 1 is 0.781 bits per heavy atom. The molecule has 3 aromatic rings. The SMILES string of the molecule is COc1ccccc1[S+](c1ccc(OCC(=O)OC(C)(C)C)cc1)c1ccccc1OC. The molecule has 5 nitrogen and oxygen atoms in total. The number of carbonyl (C=O) groups excluding carboxylic acids is 1. The number of methoxy groups -OCH3 is 2. The van der Waals surface area contributed by atoms with Crippen LogP contribution in [0, 0.1) is 0 Å². The zero-order valence-electron chi connectivity index (χ0n) is 19.1. The third kappa shape index (κ3) is 5.98. The maximum Gasteiger partial charge on any atom is 0.344 e. The van der Waals surface area contributed by atoms with Crippen molar-refractivity contribution in [3.8, 4) is 17.2 Å². The van der Waals surface area contributed by atoms with Gasteiger partial charge >= 0.3 is 5.97 Å². The van der Waals surface area contributed by atoms with Crippen molar-refractivity contribution in [2.75, 3.05) is 20.8 Å². The van der Waals surface area contributed by atoms with E-state index in [0.717, 1.165) is 26.2 Å². The fraction of sp³-hybridized carbons (Fsp3) is 0.269. The van der Waals surface area contributed by atoms with Gasteiger partial charge in [-0.25, -0.2) is 4.79 Å². The zero-order valence-corrected chi connectivity index (χ0v) is 19.9. The van der Waals surface area contributed by atoms with Gasteiger partial charge in [-0.05, 0) is 69.3 Å². The number of carbonyl (C=O) groups is 1. The number of esters is 1. The van der Waals surface area contributed by atoms with Gasteiger partial charge < -0.3 is 18.9 Å². The van der Waals surface area contributed by atoms with Gasteiger partial charge in [-0.1, -0.05) is 24.3 Å². The van der Waals surface area contributed by atoms with Gasteiger partial charge in [0.2, 0.25) is 9.79 Å². The molecule has 3 rings (SSSR count). The first-order chi connectivity index (χ1) is 15.3. The van der Waals surface area contributed by atoms with Gasteiger partial charge in [0.25, 0.3) is 0 Å². The Bertz CT molecular complexity index is 993. The molecule has 0 amide bonds. The summed E-state index contributed by atoms with van der Waals surface area (Å²) in [5.74, 6) is 1.83. The minimum atomic E-state index is -0.540. The molecule has 0 unspecified atom stereocenters. The number of para-hydroxylation sites is 2. The van der Waals surface area contributed by atoms with Gasteiger partial charge in [0.15, 0.2) is 23.0 Å². The first-order valence-electron chi connectivity index (χ1n) is 10.3. The molecule has 0 N–H and O–H groups in total. The van der Waals surface area contributed by atoms with Crippen LogP contribution in [0.3, 0.4) is 0 Å². The first kappa shape index (κ1) is 23.5. The van der Waals surface area contributed by atoms with Crippen LogP contribution < -0.4 is 14.2 Å². The topological polar surface area (TPSA) is 54.0 Å². The summed E-state index contributed by atoms with van der Waals surface area (Å²) in [7, 11) is 2.88. The molecule has 0 saturated carbocycles. The lowest BCUT2D eigenvalue weighted by atomic mass is 10.2. The van der Waals surface area contributed by atoms with E-state index in [1.165, 1.54) is 0 Å². The molecular weight excluding hydrogens is 424 g/mol. The molecule has 3 aromatic carbocycles. The molecule has 0 heterocycles. The largest absolute Gasteiger partial charge is 0.491 e. The van der Waals surface area contributed by atoms with Crippen molar-refractivity contribution < 1.29 is 23.7 Å². The van der Waals surface area contributed by atoms with Crippen LogP contribution in [0.5, 0.6) is 17.2 Å². The van der Waals surface area contributed by atoms with Crippen molar-refractivity contribution in [2.45, 2.75) is 41.1 Å². The summed E-state index contributed by atoms with van der Waals surface area (Å²) < 4.78 is 22.2. The standard InChI is InChI=1S/C26H29O5S/c1-26(2,3)31-25(27)18-30-19-14-16-20(17-15-19)32(23-12-8-6-10-21(23)28-4)24-13-9-7-11-22(24)29-5/h6-17H,18H2,1-5H3/q+1. The van der Waals surface area contributed by atoms with E-state index in [4.69, 9.17) is 18.9 Å². The van der Waals surface area contributed by atoms with Crippen LogP contribution >= 0.6 is 0 Å². The van der Waals surface area contributed by atoms with E-state index in [1.54, 1.807) is 14.2 Å². The molecule has 0 aliphatic heterocycles. The second-order valence-electron chi connectivity index (χ2n) is 7.95. The van der Waals surface area contributed by atoms with E-state index in [-0.39, 0.29) is 6.61 Å². The van der Waals surface area contributed by atoms with E-state index >= 15 is 0 Å². The molecule has 32 heavy (non-hydrogen) atoms. The molecule has 168 valence electrons. The van der Waals surface area contributed by atoms with Gasteiger partial charge in [-0.3, -0.25) is 0 Å².